The zero-order valence-corrected chi connectivity index (χ0v) is 12.9. The van der Waals surface area contributed by atoms with Gasteiger partial charge in [0.25, 0.3) is 0 Å². The van der Waals surface area contributed by atoms with Crippen molar-refractivity contribution in [3.8, 4) is 0 Å². The van der Waals surface area contributed by atoms with Crippen LogP contribution in [0.15, 0.2) is 0 Å². The van der Waals surface area contributed by atoms with Crippen molar-refractivity contribution in [2.45, 2.75) is 52.5 Å². The third-order valence-corrected chi connectivity index (χ3v) is 4.07. The molecule has 0 aromatic heterocycles. The quantitative estimate of drug-likeness (QED) is 0.775. The third kappa shape index (κ3) is 5.91. The Morgan fingerprint density at radius 2 is 2.05 bits per heavy atom. The van der Waals surface area contributed by atoms with Gasteiger partial charge >= 0.3 is 0 Å². The van der Waals surface area contributed by atoms with E-state index in [2.05, 4.69) is 26.1 Å². The van der Waals surface area contributed by atoms with E-state index in [0.717, 1.165) is 32.3 Å². The zero-order chi connectivity index (χ0) is 14.5. The molecule has 4 nitrogen and oxygen atoms in total. The first kappa shape index (κ1) is 16.4. The average Bonchev–Trinajstić information content (AvgIpc) is 2.32. The Kier molecular flexibility index (Phi) is 6.27. The Labute approximate surface area is 117 Å². The van der Waals surface area contributed by atoms with Gasteiger partial charge < -0.3 is 15.8 Å². The highest BCUT2D eigenvalue weighted by Gasteiger charge is 2.30. The Morgan fingerprint density at radius 1 is 1.37 bits per heavy atom. The van der Waals surface area contributed by atoms with E-state index >= 15 is 0 Å². The van der Waals surface area contributed by atoms with Crippen molar-refractivity contribution >= 4 is 5.91 Å². The fourth-order valence-corrected chi connectivity index (χ4v) is 2.81. The van der Waals surface area contributed by atoms with Gasteiger partial charge in [-0.2, -0.15) is 0 Å². The molecule has 19 heavy (non-hydrogen) atoms. The van der Waals surface area contributed by atoms with Crippen LogP contribution in [0.5, 0.6) is 0 Å². The van der Waals surface area contributed by atoms with Gasteiger partial charge in [0.1, 0.15) is 0 Å². The summed E-state index contributed by atoms with van der Waals surface area (Å²) in [6.45, 7) is 7.93. The molecule has 0 spiro atoms. The van der Waals surface area contributed by atoms with Gasteiger partial charge in [0.15, 0.2) is 0 Å². The van der Waals surface area contributed by atoms with Crippen molar-refractivity contribution in [1.29, 1.82) is 0 Å². The van der Waals surface area contributed by atoms with E-state index in [9.17, 15) is 4.79 Å². The number of amides is 1. The van der Waals surface area contributed by atoms with Gasteiger partial charge in [-0.3, -0.25) is 4.79 Å². The second-order valence-electron chi connectivity index (χ2n) is 6.89. The van der Waals surface area contributed by atoms with Crippen LogP contribution in [-0.2, 0) is 9.53 Å². The van der Waals surface area contributed by atoms with Crippen molar-refractivity contribution in [2.24, 2.45) is 23.0 Å². The topological polar surface area (TPSA) is 64.3 Å². The van der Waals surface area contributed by atoms with Crippen molar-refractivity contribution < 1.29 is 9.53 Å². The molecule has 0 aliphatic heterocycles. The molecule has 3 atom stereocenters. The molecule has 1 saturated carbocycles. The molecule has 1 rings (SSSR count). The van der Waals surface area contributed by atoms with Crippen LogP contribution in [0, 0.1) is 17.3 Å². The molecule has 0 aromatic rings. The molecule has 1 fully saturated rings. The van der Waals surface area contributed by atoms with Gasteiger partial charge in [0, 0.05) is 32.2 Å². The summed E-state index contributed by atoms with van der Waals surface area (Å²) in [7, 11) is 1.71. The second kappa shape index (κ2) is 7.25. The average molecular weight is 270 g/mol. The van der Waals surface area contributed by atoms with Crippen molar-refractivity contribution in [1.82, 2.24) is 5.32 Å². The van der Waals surface area contributed by atoms with Gasteiger partial charge in [0.05, 0.1) is 0 Å². The largest absolute Gasteiger partial charge is 0.385 e. The van der Waals surface area contributed by atoms with E-state index < -0.39 is 0 Å². The number of hydrogen-bond acceptors (Lipinski definition) is 3. The zero-order valence-electron chi connectivity index (χ0n) is 12.9. The van der Waals surface area contributed by atoms with Crippen LogP contribution in [0.3, 0.4) is 0 Å². The standard InChI is InChI=1S/C15H30N2O2/c1-11-7-12(9-13(16)8-11)14(18)17-10-15(2,3)5-6-19-4/h11-13H,5-10,16H2,1-4H3,(H,17,18). The van der Waals surface area contributed by atoms with Gasteiger partial charge in [0.2, 0.25) is 5.91 Å². The molecule has 4 heteroatoms. The van der Waals surface area contributed by atoms with E-state index in [0.29, 0.717) is 12.5 Å². The van der Waals surface area contributed by atoms with Gasteiger partial charge in [-0.25, -0.2) is 0 Å². The van der Waals surface area contributed by atoms with Gasteiger partial charge in [-0.05, 0) is 37.0 Å². The Hall–Kier alpha value is -0.610. The Balaban J connectivity index is 2.38. The lowest BCUT2D eigenvalue weighted by Crippen LogP contribution is -2.43. The first-order valence-electron chi connectivity index (χ1n) is 7.36. The lowest BCUT2D eigenvalue weighted by Gasteiger charge is -2.32. The highest BCUT2D eigenvalue weighted by molar-refractivity contribution is 5.78. The summed E-state index contributed by atoms with van der Waals surface area (Å²) in [5.41, 5.74) is 6.08. The molecule has 1 amide bonds. The maximum atomic E-state index is 12.2. The number of nitrogens with two attached hydrogens (primary N) is 1. The van der Waals surface area contributed by atoms with Crippen LogP contribution < -0.4 is 11.1 Å². The van der Waals surface area contributed by atoms with Crippen LogP contribution in [0.4, 0.5) is 0 Å². The van der Waals surface area contributed by atoms with E-state index in [-0.39, 0.29) is 23.3 Å². The van der Waals surface area contributed by atoms with Crippen molar-refractivity contribution in [3.63, 3.8) is 0 Å². The molecule has 3 unspecified atom stereocenters. The number of methoxy groups -OCH3 is 1. The molecular formula is C15H30N2O2. The van der Waals surface area contributed by atoms with Crippen molar-refractivity contribution in [3.05, 3.63) is 0 Å². The number of carbonyl (C=O) groups excluding carboxylic acids is 1. The summed E-state index contributed by atoms with van der Waals surface area (Å²) < 4.78 is 5.10. The SMILES string of the molecule is COCCC(C)(C)CNC(=O)C1CC(C)CC(N)C1. The van der Waals surface area contributed by atoms with Crippen LogP contribution in [0.25, 0.3) is 0 Å². The fourth-order valence-electron chi connectivity index (χ4n) is 2.81. The third-order valence-electron chi connectivity index (χ3n) is 4.07. The summed E-state index contributed by atoms with van der Waals surface area (Å²) in [5, 5.41) is 3.09. The highest BCUT2D eigenvalue weighted by atomic mass is 16.5. The first-order valence-corrected chi connectivity index (χ1v) is 7.36. The maximum Gasteiger partial charge on any atom is 0.223 e. The molecule has 0 bridgehead atoms. The van der Waals surface area contributed by atoms with Crippen LogP contribution >= 0.6 is 0 Å². The van der Waals surface area contributed by atoms with Crippen LogP contribution in [-0.4, -0.2) is 32.2 Å². The van der Waals surface area contributed by atoms with Crippen LogP contribution in [0.1, 0.15) is 46.5 Å². The van der Waals surface area contributed by atoms with E-state index in [4.69, 9.17) is 10.5 Å². The molecule has 0 radical (unpaired) electrons. The molecular weight excluding hydrogens is 240 g/mol. The normalized spacial score (nSPS) is 28.2. The first-order chi connectivity index (χ1) is 8.84. The minimum Gasteiger partial charge on any atom is -0.385 e. The molecule has 0 heterocycles. The molecule has 1 aliphatic rings. The molecule has 0 saturated heterocycles. The molecule has 112 valence electrons. The predicted molar refractivity (Wildman–Crippen MR) is 77.8 cm³/mol. The lowest BCUT2D eigenvalue weighted by atomic mass is 9.79. The lowest BCUT2D eigenvalue weighted by molar-refractivity contribution is -0.127. The summed E-state index contributed by atoms with van der Waals surface area (Å²) in [4.78, 5) is 12.2. The highest BCUT2D eigenvalue weighted by Crippen LogP contribution is 2.28. The smallest absolute Gasteiger partial charge is 0.223 e. The summed E-state index contributed by atoms with van der Waals surface area (Å²) in [5.74, 6) is 0.825. The monoisotopic (exact) mass is 270 g/mol. The minimum atomic E-state index is 0.0774. The van der Waals surface area contributed by atoms with Gasteiger partial charge in [-0.15, -0.1) is 0 Å². The van der Waals surface area contributed by atoms with Crippen LogP contribution in [0.2, 0.25) is 0 Å². The van der Waals surface area contributed by atoms with E-state index in [1.54, 1.807) is 7.11 Å². The number of hydrogen-bond donors (Lipinski definition) is 2. The number of nitrogens with one attached hydrogen (secondary N) is 1. The Bertz CT molecular complexity index is 282. The molecule has 0 aromatic carbocycles. The summed E-state index contributed by atoms with van der Waals surface area (Å²) >= 11 is 0. The summed E-state index contributed by atoms with van der Waals surface area (Å²) in [6.07, 6.45) is 3.79. The number of rotatable bonds is 6. The molecule has 1 aliphatic carbocycles. The number of ether oxygens (including phenoxy) is 1. The minimum absolute atomic E-state index is 0.0774. The van der Waals surface area contributed by atoms with Crippen molar-refractivity contribution in [2.75, 3.05) is 20.3 Å². The van der Waals surface area contributed by atoms with E-state index in [1.807, 2.05) is 0 Å². The second-order valence-corrected chi connectivity index (χ2v) is 6.89. The number of carbonyl (C=O) groups is 1. The maximum absolute atomic E-state index is 12.2. The van der Waals surface area contributed by atoms with Gasteiger partial charge in [-0.1, -0.05) is 20.8 Å². The fraction of sp³-hybridized carbons (Fsp3) is 0.933. The summed E-state index contributed by atoms with van der Waals surface area (Å²) in [6, 6.07) is 0.181. The molecule has 3 N–H and O–H groups in total. The predicted octanol–water partition coefficient (Wildman–Crippen LogP) is 1.93. The Morgan fingerprint density at radius 3 is 2.63 bits per heavy atom. The van der Waals surface area contributed by atoms with E-state index in [1.165, 1.54) is 0 Å².